The van der Waals surface area contributed by atoms with Crippen molar-refractivity contribution in [2.45, 2.75) is 39.7 Å². The van der Waals surface area contributed by atoms with Gasteiger partial charge in [-0.1, -0.05) is 17.7 Å². The lowest BCUT2D eigenvalue weighted by Gasteiger charge is -2.33. The normalized spacial score (nSPS) is 14.5. The summed E-state index contributed by atoms with van der Waals surface area (Å²) >= 11 is 0. The van der Waals surface area contributed by atoms with Crippen molar-refractivity contribution < 1.29 is 4.79 Å². The van der Waals surface area contributed by atoms with Crippen molar-refractivity contribution in [3.63, 3.8) is 0 Å². The second kappa shape index (κ2) is 5.64. The number of hydrogen-bond donors (Lipinski definition) is 0. The standard InChI is InChI=1S/C16H24N2O/c1-12(2)17(4)16(19)11-18-9-5-6-14-10-13(3)7-8-15(14)18/h7-8,10,12H,5-6,9,11H2,1-4H3. The van der Waals surface area contributed by atoms with Crippen molar-refractivity contribution in [3.05, 3.63) is 29.3 Å². The Morgan fingerprint density at radius 2 is 2.16 bits per heavy atom. The number of fused-ring (bicyclic) bond motifs is 1. The maximum Gasteiger partial charge on any atom is 0.242 e. The van der Waals surface area contributed by atoms with Crippen molar-refractivity contribution >= 4 is 11.6 Å². The van der Waals surface area contributed by atoms with Gasteiger partial charge in [0.1, 0.15) is 0 Å². The van der Waals surface area contributed by atoms with Crippen LogP contribution in [-0.4, -0.2) is 37.0 Å². The van der Waals surface area contributed by atoms with Crippen LogP contribution < -0.4 is 4.90 Å². The molecular formula is C16H24N2O. The minimum absolute atomic E-state index is 0.198. The Morgan fingerprint density at radius 1 is 1.42 bits per heavy atom. The predicted octanol–water partition coefficient (Wildman–Crippen LogP) is 2.61. The number of amides is 1. The highest BCUT2D eigenvalue weighted by atomic mass is 16.2. The number of carbonyl (C=O) groups is 1. The maximum absolute atomic E-state index is 12.2. The second-order valence-corrected chi connectivity index (χ2v) is 5.76. The van der Waals surface area contributed by atoms with Gasteiger partial charge in [0.25, 0.3) is 0 Å². The van der Waals surface area contributed by atoms with E-state index in [2.05, 4.69) is 30.0 Å². The van der Waals surface area contributed by atoms with Crippen LogP contribution in [0.25, 0.3) is 0 Å². The zero-order chi connectivity index (χ0) is 14.0. The zero-order valence-corrected chi connectivity index (χ0v) is 12.4. The summed E-state index contributed by atoms with van der Waals surface area (Å²) in [5.41, 5.74) is 3.92. The molecule has 0 atom stereocenters. The average molecular weight is 260 g/mol. The van der Waals surface area contributed by atoms with Gasteiger partial charge >= 0.3 is 0 Å². The first-order valence-electron chi connectivity index (χ1n) is 7.09. The fraction of sp³-hybridized carbons (Fsp3) is 0.562. The summed E-state index contributed by atoms with van der Waals surface area (Å²) in [5.74, 6) is 0.198. The molecule has 0 N–H and O–H groups in total. The van der Waals surface area contributed by atoms with E-state index in [1.807, 2.05) is 25.8 Å². The maximum atomic E-state index is 12.2. The quantitative estimate of drug-likeness (QED) is 0.834. The van der Waals surface area contributed by atoms with Crippen LogP contribution >= 0.6 is 0 Å². The van der Waals surface area contributed by atoms with E-state index in [1.54, 1.807) is 0 Å². The third-order valence-electron chi connectivity index (χ3n) is 3.94. The van der Waals surface area contributed by atoms with Gasteiger partial charge in [-0.15, -0.1) is 0 Å². The van der Waals surface area contributed by atoms with Gasteiger partial charge in [-0.2, -0.15) is 0 Å². The molecule has 0 aromatic heterocycles. The summed E-state index contributed by atoms with van der Waals surface area (Å²) in [6.07, 6.45) is 2.26. The van der Waals surface area contributed by atoms with Gasteiger partial charge in [-0.3, -0.25) is 4.79 Å². The first kappa shape index (κ1) is 13.9. The lowest BCUT2D eigenvalue weighted by molar-refractivity contribution is -0.129. The molecular weight excluding hydrogens is 236 g/mol. The molecule has 1 aromatic carbocycles. The third-order valence-corrected chi connectivity index (χ3v) is 3.94. The van der Waals surface area contributed by atoms with Crippen molar-refractivity contribution in [2.24, 2.45) is 0 Å². The molecule has 1 heterocycles. The summed E-state index contributed by atoms with van der Waals surface area (Å²) in [6.45, 7) is 7.69. The van der Waals surface area contributed by atoms with Gasteiger partial charge in [0, 0.05) is 25.3 Å². The fourth-order valence-corrected chi connectivity index (χ4v) is 2.53. The third kappa shape index (κ3) is 3.09. The number of hydrogen-bond acceptors (Lipinski definition) is 2. The van der Waals surface area contributed by atoms with Gasteiger partial charge < -0.3 is 9.80 Å². The number of aryl methyl sites for hydroxylation is 2. The molecule has 0 fully saturated rings. The highest BCUT2D eigenvalue weighted by Gasteiger charge is 2.21. The molecule has 1 amide bonds. The molecule has 0 radical (unpaired) electrons. The van der Waals surface area contributed by atoms with Crippen molar-refractivity contribution in [1.29, 1.82) is 0 Å². The van der Waals surface area contributed by atoms with E-state index in [4.69, 9.17) is 0 Å². The second-order valence-electron chi connectivity index (χ2n) is 5.76. The molecule has 1 aliphatic rings. The van der Waals surface area contributed by atoms with Crippen LogP contribution in [0.1, 0.15) is 31.4 Å². The molecule has 0 saturated heterocycles. The molecule has 3 nitrogen and oxygen atoms in total. The Morgan fingerprint density at radius 3 is 2.84 bits per heavy atom. The highest BCUT2D eigenvalue weighted by molar-refractivity contribution is 5.82. The SMILES string of the molecule is Cc1ccc2c(c1)CCCN2CC(=O)N(C)C(C)C. The van der Waals surface area contributed by atoms with E-state index in [-0.39, 0.29) is 11.9 Å². The molecule has 0 aliphatic carbocycles. The Kier molecular flexibility index (Phi) is 4.13. The van der Waals surface area contributed by atoms with Gasteiger partial charge in [0.05, 0.1) is 6.54 Å². The van der Waals surface area contributed by atoms with Crippen molar-refractivity contribution in [1.82, 2.24) is 4.90 Å². The molecule has 0 bridgehead atoms. The lowest BCUT2D eigenvalue weighted by Crippen LogP contribution is -2.43. The first-order chi connectivity index (χ1) is 8.99. The van der Waals surface area contributed by atoms with E-state index in [0.717, 1.165) is 19.4 Å². The molecule has 1 aliphatic heterocycles. The largest absolute Gasteiger partial charge is 0.362 e. The van der Waals surface area contributed by atoms with Gasteiger partial charge in [0.2, 0.25) is 5.91 Å². The van der Waals surface area contributed by atoms with Crippen molar-refractivity contribution in [3.8, 4) is 0 Å². The van der Waals surface area contributed by atoms with Gasteiger partial charge in [-0.05, 0) is 45.2 Å². The van der Waals surface area contributed by atoms with Crippen LogP contribution in [0.5, 0.6) is 0 Å². The summed E-state index contributed by atoms with van der Waals surface area (Å²) in [6, 6.07) is 6.80. The molecule has 104 valence electrons. The predicted molar refractivity (Wildman–Crippen MR) is 79.6 cm³/mol. The smallest absolute Gasteiger partial charge is 0.242 e. The van der Waals surface area contributed by atoms with E-state index >= 15 is 0 Å². The minimum atomic E-state index is 0.198. The minimum Gasteiger partial charge on any atom is -0.362 e. The highest BCUT2D eigenvalue weighted by Crippen LogP contribution is 2.27. The van der Waals surface area contributed by atoms with Gasteiger partial charge in [-0.25, -0.2) is 0 Å². The zero-order valence-electron chi connectivity index (χ0n) is 12.4. The number of nitrogens with zero attached hydrogens (tertiary/aromatic N) is 2. The van der Waals surface area contributed by atoms with Crippen molar-refractivity contribution in [2.75, 3.05) is 25.0 Å². The monoisotopic (exact) mass is 260 g/mol. The van der Waals surface area contributed by atoms with Crippen LogP contribution in [0.15, 0.2) is 18.2 Å². The van der Waals surface area contributed by atoms with E-state index in [9.17, 15) is 4.79 Å². The molecule has 2 rings (SSSR count). The summed E-state index contributed by atoms with van der Waals surface area (Å²) < 4.78 is 0. The Balaban J connectivity index is 2.14. The van der Waals surface area contributed by atoms with Gasteiger partial charge in [0.15, 0.2) is 0 Å². The van der Waals surface area contributed by atoms with Crippen LogP contribution in [-0.2, 0) is 11.2 Å². The molecule has 0 saturated carbocycles. The fourth-order valence-electron chi connectivity index (χ4n) is 2.53. The summed E-state index contributed by atoms with van der Waals surface area (Å²) in [4.78, 5) is 16.3. The lowest BCUT2D eigenvalue weighted by atomic mass is 9.99. The van der Waals surface area contributed by atoms with E-state index in [1.165, 1.54) is 16.8 Å². The van der Waals surface area contributed by atoms with E-state index < -0.39 is 0 Å². The van der Waals surface area contributed by atoms with Crippen LogP contribution in [0.3, 0.4) is 0 Å². The van der Waals surface area contributed by atoms with E-state index in [0.29, 0.717) is 6.54 Å². The summed E-state index contributed by atoms with van der Waals surface area (Å²) in [7, 11) is 1.88. The Bertz CT molecular complexity index is 468. The molecule has 19 heavy (non-hydrogen) atoms. The molecule has 1 aromatic rings. The van der Waals surface area contributed by atoms with Crippen LogP contribution in [0, 0.1) is 6.92 Å². The number of likely N-dealkylation sites (N-methyl/N-ethyl adjacent to an activating group) is 1. The topological polar surface area (TPSA) is 23.6 Å². The number of carbonyl (C=O) groups excluding carboxylic acids is 1. The number of rotatable bonds is 3. The van der Waals surface area contributed by atoms with Crippen LogP contribution in [0.2, 0.25) is 0 Å². The Labute approximate surface area is 116 Å². The summed E-state index contributed by atoms with van der Waals surface area (Å²) in [5, 5.41) is 0. The number of benzene rings is 1. The Hall–Kier alpha value is -1.51. The first-order valence-corrected chi connectivity index (χ1v) is 7.09. The van der Waals surface area contributed by atoms with Crippen LogP contribution in [0.4, 0.5) is 5.69 Å². The molecule has 3 heteroatoms. The average Bonchev–Trinajstić information content (AvgIpc) is 2.37. The molecule has 0 unspecified atom stereocenters. The number of anilines is 1. The molecule has 0 spiro atoms.